The minimum absolute atomic E-state index is 0.0468. The summed E-state index contributed by atoms with van der Waals surface area (Å²) in [5.74, 6) is 0.580. The highest BCUT2D eigenvalue weighted by atomic mass is 16.5. The third-order valence-corrected chi connectivity index (χ3v) is 3.78. The predicted octanol–water partition coefficient (Wildman–Crippen LogP) is 1.15. The van der Waals surface area contributed by atoms with E-state index in [1.54, 1.807) is 12.0 Å². The first-order valence-electron chi connectivity index (χ1n) is 6.90. The molecule has 1 aromatic rings. The molecule has 1 fully saturated rings. The zero-order valence-corrected chi connectivity index (χ0v) is 12.4. The van der Waals surface area contributed by atoms with Crippen LogP contribution in [0.1, 0.15) is 12.0 Å². The summed E-state index contributed by atoms with van der Waals surface area (Å²) in [6, 6.07) is 5.86. The predicted molar refractivity (Wildman–Crippen MR) is 81.2 cm³/mol. The van der Waals surface area contributed by atoms with Gasteiger partial charge in [-0.1, -0.05) is 0 Å². The first-order valence-corrected chi connectivity index (χ1v) is 6.90. The number of piperazine rings is 1. The van der Waals surface area contributed by atoms with Gasteiger partial charge >= 0.3 is 0 Å². The number of benzene rings is 1. The molecule has 0 bridgehead atoms. The van der Waals surface area contributed by atoms with Crippen molar-refractivity contribution < 1.29 is 9.53 Å². The van der Waals surface area contributed by atoms with E-state index in [4.69, 9.17) is 15.7 Å². The summed E-state index contributed by atoms with van der Waals surface area (Å²) in [4.78, 5) is 15.6. The molecule has 6 heteroatoms. The molecule has 0 radical (unpaired) electrons. The monoisotopic (exact) mass is 288 g/mol. The summed E-state index contributed by atoms with van der Waals surface area (Å²) in [7, 11) is 1.60. The van der Waals surface area contributed by atoms with Crippen LogP contribution in [-0.2, 0) is 4.79 Å². The molecule has 0 unspecified atom stereocenters. The van der Waals surface area contributed by atoms with Crippen molar-refractivity contribution >= 4 is 17.3 Å². The van der Waals surface area contributed by atoms with Crippen LogP contribution in [0.2, 0.25) is 0 Å². The second-order valence-electron chi connectivity index (χ2n) is 5.08. The van der Waals surface area contributed by atoms with Gasteiger partial charge in [0.25, 0.3) is 0 Å². The molecule has 2 N–H and O–H groups in total. The summed E-state index contributed by atoms with van der Waals surface area (Å²) in [6.45, 7) is 4.69. The molecule has 21 heavy (non-hydrogen) atoms. The minimum Gasteiger partial charge on any atom is -0.495 e. The third kappa shape index (κ3) is 3.19. The quantitative estimate of drug-likeness (QED) is 0.844. The summed E-state index contributed by atoms with van der Waals surface area (Å²) in [5.41, 5.74) is 8.64. The van der Waals surface area contributed by atoms with Crippen LogP contribution < -0.4 is 15.4 Å². The van der Waals surface area contributed by atoms with Crippen molar-refractivity contribution in [1.29, 1.82) is 5.26 Å². The van der Waals surface area contributed by atoms with Crippen molar-refractivity contribution in [2.45, 2.75) is 13.3 Å². The largest absolute Gasteiger partial charge is 0.495 e. The summed E-state index contributed by atoms with van der Waals surface area (Å²) < 4.78 is 5.30. The molecular weight excluding hydrogens is 268 g/mol. The van der Waals surface area contributed by atoms with Crippen LogP contribution in [0.5, 0.6) is 5.75 Å². The maximum absolute atomic E-state index is 11.7. The number of aryl methyl sites for hydroxylation is 1. The number of hydrogen-bond donors (Lipinski definition) is 1. The lowest BCUT2D eigenvalue weighted by Gasteiger charge is -2.36. The Morgan fingerprint density at radius 3 is 2.62 bits per heavy atom. The lowest BCUT2D eigenvalue weighted by molar-refractivity contribution is -0.130. The number of nitrogens with zero attached hydrogens (tertiary/aromatic N) is 3. The number of anilines is 2. The Morgan fingerprint density at radius 1 is 1.38 bits per heavy atom. The van der Waals surface area contributed by atoms with E-state index in [0.29, 0.717) is 24.5 Å². The Balaban J connectivity index is 2.07. The Bertz CT molecular complexity index is 572. The molecule has 0 spiro atoms. The standard InChI is InChI=1S/C15H20N4O2/c1-11-9-12(10-13(21-2)15(11)17)18-5-7-19(8-6-18)14(20)3-4-16/h9-10H,3,5-8,17H2,1-2H3. The number of carbonyl (C=O) groups is 1. The number of nitrogen functional groups attached to an aromatic ring is 1. The topological polar surface area (TPSA) is 82.6 Å². The smallest absolute Gasteiger partial charge is 0.236 e. The minimum atomic E-state index is -0.0942. The van der Waals surface area contributed by atoms with Crippen LogP contribution in [0.3, 0.4) is 0 Å². The highest BCUT2D eigenvalue weighted by molar-refractivity contribution is 5.78. The molecule has 0 atom stereocenters. The molecule has 0 saturated carbocycles. The molecule has 2 rings (SSSR count). The molecule has 1 heterocycles. The highest BCUT2D eigenvalue weighted by Gasteiger charge is 2.21. The normalized spacial score (nSPS) is 14.7. The maximum Gasteiger partial charge on any atom is 0.236 e. The van der Waals surface area contributed by atoms with Crippen molar-refractivity contribution in [3.63, 3.8) is 0 Å². The number of rotatable bonds is 3. The Morgan fingerprint density at radius 2 is 2.05 bits per heavy atom. The van der Waals surface area contributed by atoms with E-state index in [1.165, 1.54) is 0 Å². The summed E-state index contributed by atoms with van der Waals surface area (Å²) in [5, 5.41) is 8.58. The molecule has 1 amide bonds. The Hall–Kier alpha value is -2.42. The number of nitriles is 1. The first kappa shape index (κ1) is 15.0. The lowest BCUT2D eigenvalue weighted by atomic mass is 10.1. The number of hydrogen-bond acceptors (Lipinski definition) is 5. The zero-order valence-electron chi connectivity index (χ0n) is 12.4. The highest BCUT2D eigenvalue weighted by Crippen LogP contribution is 2.31. The second kappa shape index (κ2) is 6.35. The van der Waals surface area contributed by atoms with Crippen LogP contribution in [0.4, 0.5) is 11.4 Å². The molecule has 1 aromatic carbocycles. The van der Waals surface area contributed by atoms with Crippen molar-refractivity contribution in [2.75, 3.05) is 43.9 Å². The number of carbonyl (C=O) groups excluding carboxylic acids is 1. The van der Waals surface area contributed by atoms with Crippen molar-refractivity contribution in [3.8, 4) is 11.8 Å². The van der Waals surface area contributed by atoms with E-state index in [2.05, 4.69) is 4.90 Å². The van der Waals surface area contributed by atoms with Gasteiger partial charge in [-0.25, -0.2) is 0 Å². The Labute approximate surface area is 124 Å². The second-order valence-corrected chi connectivity index (χ2v) is 5.08. The van der Waals surface area contributed by atoms with Crippen LogP contribution in [0.25, 0.3) is 0 Å². The van der Waals surface area contributed by atoms with E-state index in [1.807, 2.05) is 25.1 Å². The Kier molecular flexibility index (Phi) is 4.53. The van der Waals surface area contributed by atoms with E-state index in [9.17, 15) is 4.79 Å². The fourth-order valence-corrected chi connectivity index (χ4v) is 2.49. The number of methoxy groups -OCH3 is 1. The van der Waals surface area contributed by atoms with Crippen LogP contribution in [0.15, 0.2) is 12.1 Å². The van der Waals surface area contributed by atoms with E-state index >= 15 is 0 Å². The van der Waals surface area contributed by atoms with Crippen LogP contribution >= 0.6 is 0 Å². The maximum atomic E-state index is 11.7. The van der Waals surface area contributed by atoms with Gasteiger partial charge in [0.05, 0.1) is 18.9 Å². The molecule has 6 nitrogen and oxygen atoms in total. The molecule has 0 aromatic heterocycles. The van der Waals surface area contributed by atoms with Crippen molar-refractivity contribution in [1.82, 2.24) is 4.90 Å². The summed E-state index contributed by atoms with van der Waals surface area (Å²) in [6.07, 6.45) is -0.0468. The van der Waals surface area contributed by atoms with Gasteiger partial charge in [-0.15, -0.1) is 0 Å². The number of nitrogens with two attached hydrogens (primary N) is 1. The van der Waals surface area contributed by atoms with Crippen LogP contribution in [-0.4, -0.2) is 44.1 Å². The van der Waals surface area contributed by atoms with Gasteiger partial charge in [-0.05, 0) is 18.6 Å². The third-order valence-electron chi connectivity index (χ3n) is 3.78. The van der Waals surface area contributed by atoms with E-state index in [-0.39, 0.29) is 12.3 Å². The van der Waals surface area contributed by atoms with Crippen LogP contribution in [0, 0.1) is 18.3 Å². The number of ether oxygens (including phenoxy) is 1. The van der Waals surface area contributed by atoms with Gasteiger partial charge in [0.15, 0.2) is 0 Å². The molecule has 1 aliphatic rings. The fraction of sp³-hybridized carbons (Fsp3) is 0.467. The molecule has 1 saturated heterocycles. The van der Waals surface area contributed by atoms with Crippen molar-refractivity contribution in [2.24, 2.45) is 0 Å². The SMILES string of the molecule is COc1cc(N2CCN(C(=O)CC#N)CC2)cc(C)c1N. The molecular formula is C15H20N4O2. The average Bonchev–Trinajstić information content (AvgIpc) is 2.50. The van der Waals surface area contributed by atoms with Gasteiger partial charge in [-0.2, -0.15) is 5.26 Å². The van der Waals surface area contributed by atoms with Gasteiger partial charge in [-0.3, -0.25) is 4.79 Å². The van der Waals surface area contributed by atoms with Gasteiger partial charge in [0.2, 0.25) is 5.91 Å². The van der Waals surface area contributed by atoms with Gasteiger partial charge in [0, 0.05) is 37.9 Å². The van der Waals surface area contributed by atoms with Crippen molar-refractivity contribution in [3.05, 3.63) is 17.7 Å². The molecule has 0 aliphatic carbocycles. The zero-order chi connectivity index (χ0) is 15.4. The lowest BCUT2D eigenvalue weighted by Crippen LogP contribution is -2.48. The number of amides is 1. The average molecular weight is 288 g/mol. The molecule has 112 valence electrons. The van der Waals surface area contributed by atoms with Gasteiger partial charge < -0.3 is 20.3 Å². The summed E-state index contributed by atoms with van der Waals surface area (Å²) >= 11 is 0. The fourth-order valence-electron chi connectivity index (χ4n) is 2.49. The van der Waals surface area contributed by atoms with Gasteiger partial charge in [0.1, 0.15) is 12.2 Å². The van der Waals surface area contributed by atoms with E-state index < -0.39 is 0 Å². The first-order chi connectivity index (χ1) is 10.1. The molecule has 1 aliphatic heterocycles. The van der Waals surface area contributed by atoms with E-state index in [0.717, 1.165) is 24.3 Å².